The van der Waals surface area contributed by atoms with Crippen LogP contribution >= 0.6 is 68.0 Å². The monoisotopic (exact) mass is 756 g/mol. The van der Waals surface area contributed by atoms with Crippen molar-refractivity contribution in [3.8, 4) is 62.6 Å². The lowest BCUT2D eigenvalue weighted by molar-refractivity contribution is 0.0691. The molecule has 6 heterocycles. The summed E-state index contributed by atoms with van der Waals surface area (Å²) in [5.41, 5.74) is 1.42. The molecular weight excluding hydrogens is 745 g/mol. The number of fused-ring (bicyclic) bond motifs is 12. The van der Waals surface area contributed by atoms with Crippen LogP contribution in [0.25, 0.3) is 62.6 Å². The van der Waals surface area contributed by atoms with Gasteiger partial charge in [0.2, 0.25) is 0 Å². The summed E-state index contributed by atoms with van der Waals surface area (Å²) in [6.45, 7) is 0. The first-order valence-corrected chi connectivity index (χ1v) is 17.9. The lowest BCUT2D eigenvalue weighted by atomic mass is 9.96. The highest BCUT2D eigenvalue weighted by atomic mass is 32.1. The molecule has 48 heavy (non-hydrogen) atoms. The molecular formula is C30H12O12S6. The van der Waals surface area contributed by atoms with E-state index in [1.54, 1.807) is 0 Å². The van der Waals surface area contributed by atoms with E-state index in [1.807, 2.05) is 0 Å². The maximum absolute atomic E-state index is 12.3. The zero-order valence-electron chi connectivity index (χ0n) is 23.0. The normalized spacial score (nSPS) is 11.5. The van der Waals surface area contributed by atoms with Crippen molar-refractivity contribution < 1.29 is 59.4 Å². The van der Waals surface area contributed by atoms with Gasteiger partial charge in [-0.3, -0.25) is 0 Å². The molecule has 0 radical (unpaired) electrons. The Hall–Kier alpha value is -4.98. The molecule has 18 heteroatoms. The first kappa shape index (κ1) is 31.6. The van der Waals surface area contributed by atoms with Crippen LogP contribution in [0.4, 0.5) is 0 Å². The third kappa shape index (κ3) is 4.97. The summed E-state index contributed by atoms with van der Waals surface area (Å²) in [6, 6.07) is 7.98. The molecule has 0 aromatic carbocycles. The van der Waals surface area contributed by atoms with Crippen LogP contribution < -0.4 is 0 Å². The molecule has 240 valence electrons. The molecule has 12 nitrogen and oxygen atoms in total. The lowest BCUT2D eigenvalue weighted by Gasteiger charge is -2.11. The van der Waals surface area contributed by atoms with Crippen molar-refractivity contribution in [3.63, 3.8) is 0 Å². The van der Waals surface area contributed by atoms with Gasteiger partial charge in [-0.1, -0.05) is 0 Å². The molecule has 0 unspecified atom stereocenters. The highest BCUT2D eigenvalue weighted by Gasteiger charge is 2.33. The van der Waals surface area contributed by atoms with Gasteiger partial charge in [0.05, 0.1) is 29.3 Å². The second kappa shape index (κ2) is 11.3. The van der Waals surface area contributed by atoms with E-state index in [4.69, 9.17) is 0 Å². The number of rotatable bonds is 6. The van der Waals surface area contributed by atoms with Crippen LogP contribution in [0.3, 0.4) is 0 Å². The molecule has 6 N–H and O–H groups in total. The number of thiophene rings is 6. The van der Waals surface area contributed by atoms with Gasteiger partial charge in [-0.15, -0.1) is 68.0 Å². The van der Waals surface area contributed by atoms with E-state index in [1.165, 1.54) is 36.4 Å². The maximum Gasteiger partial charge on any atom is 0.345 e. The minimum Gasteiger partial charge on any atom is -0.477 e. The first-order valence-electron chi connectivity index (χ1n) is 13.0. The van der Waals surface area contributed by atoms with Gasteiger partial charge in [0.1, 0.15) is 29.3 Å². The molecule has 0 spiro atoms. The van der Waals surface area contributed by atoms with Gasteiger partial charge in [-0.05, 0) is 36.4 Å². The van der Waals surface area contributed by atoms with Crippen LogP contribution in [-0.2, 0) is 0 Å². The highest BCUT2D eigenvalue weighted by Crippen LogP contribution is 2.58. The Morgan fingerprint density at radius 3 is 0.521 bits per heavy atom. The number of hydrogen-bond donors (Lipinski definition) is 6. The quantitative estimate of drug-likeness (QED) is 0.0939. The summed E-state index contributed by atoms with van der Waals surface area (Å²) >= 11 is 4.87. The molecule has 0 fully saturated rings. The van der Waals surface area contributed by atoms with Crippen LogP contribution in [0.1, 0.15) is 58.0 Å². The van der Waals surface area contributed by atoms with Crippen molar-refractivity contribution in [2.75, 3.05) is 0 Å². The minimum atomic E-state index is -1.30. The van der Waals surface area contributed by atoms with Crippen molar-refractivity contribution in [2.24, 2.45) is 0 Å². The Morgan fingerprint density at radius 2 is 0.417 bits per heavy atom. The van der Waals surface area contributed by atoms with Crippen molar-refractivity contribution >= 4 is 104 Å². The Labute approximate surface area is 289 Å². The van der Waals surface area contributed by atoms with E-state index in [2.05, 4.69) is 0 Å². The largest absolute Gasteiger partial charge is 0.477 e. The predicted molar refractivity (Wildman–Crippen MR) is 182 cm³/mol. The molecule has 7 rings (SSSR count). The van der Waals surface area contributed by atoms with Crippen LogP contribution in [-0.4, -0.2) is 66.5 Å². The molecule has 0 amide bonds. The molecule has 0 aliphatic heterocycles. The fraction of sp³-hybridized carbons (Fsp3) is 0. The zero-order valence-corrected chi connectivity index (χ0v) is 27.9. The second-order valence-electron chi connectivity index (χ2n) is 9.95. The molecule has 0 saturated carbocycles. The zero-order chi connectivity index (χ0) is 34.3. The van der Waals surface area contributed by atoms with Crippen molar-refractivity contribution in [1.82, 2.24) is 0 Å². The van der Waals surface area contributed by atoms with E-state index in [9.17, 15) is 59.4 Å². The first-order chi connectivity index (χ1) is 22.7. The molecule has 6 aromatic heterocycles. The third-order valence-electron chi connectivity index (χ3n) is 7.15. The summed E-state index contributed by atoms with van der Waals surface area (Å²) in [5.74, 6) is -7.83. The fourth-order valence-corrected chi connectivity index (χ4v) is 11.7. The Bertz CT molecular complexity index is 1840. The van der Waals surface area contributed by atoms with Gasteiger partial charge in [0, 0.05) is 33.4 Å². The van der Waals surface area contributed by atoms with Crippen molar-refractivity contribution in [3.05, 3.63) is 65.7 Å². The molecule has 0 atom stereocenters. The maximum atomic E-state index is 12.3. The second-order valence-corrected chi connectivity index (χ2v) is 16.3. The number of carboxylic acid groups (broad SMARTS) is 6. The molecule has 1 aliphatic rings. The number of aromatic carboxylic acids is 6. The van der Waals surface area contributed by atoms with E-state index >= 15 is 0 Å². The van der Waals surface area contributed by atoms with Crippen LogP contribution in [0.5, 0.6) is 0 Å². The Morgan fingerprint density at radius 1 is 0.292 bits per heavy atom. The topological polar surface area (TPSA) is 224 Å². The van der Waals surface area contributed by atoms with Gasteiger partial charge >= 0.3 is 35.8 Å². The summed E-state index contributed by atoms with van der Waals surface area (Å²) in [7, 11) is 0. The number of carboxylic acids is 6. The van der Waals surface area contributed by atoms with E-state index in [0.29, 0.717) is 0 Å². The van der Waals surface area contributed by atoms with Gasteiger partial charge in [0.15, 0.2) is 0 Å². The third-order valence-corrected chi connectivity index (χ3v) is 14.4. The standard InChI is InChI=1S/C30H12O12S6/c31-25(32)13-1-7-8-2-14(26(33)34)44-20(8)22-11(5-16(46-22)28(37)38)12-6-18(30(41)42)48-24(12)23-10(4-17(47-23)29(39)40)9-3-15(27(35)36)45-21(9)19(7)43-13/h1-6H,(H,31,32)(H,33,34)(H,35,36)(H,37,38)(H,39,40)(H,41,42). The van der Waals surface area contributed by atoms with Crippen LogP contribution in [0, 0.1) is 0 Å². The van der Waals surface area contributed by atoms with E-state index in [0.717, 1.165) is 68.0 Å². The van der Waals surface area contributed by atoms with Gasteiger partial charge in [-0.25, -0.2) is 28.8 Å². The minimum absolute atomic E-state index is 0.153. The summed E-state index contributed by atoms with van der Waals surface area (Å²) in [5, 5.41) is 60.1. The van der Waals surface area contributed by atoms with Gasteiger partial charge in [0.25, 0.3) is 0 Å². The van der Waals surface area contributed by atoms with Gasteiger partial charge < -0.3 is 30.6 Å². The van der Waals surface area contributed by atoms with Crippen molar-refractivity contribution in [2.45, 2.75) is 0 Å². The van der Waals surface area contributed by atoms with E-state index in [-0.39, 0.29) is 91.9 Å². The van der Waals surface area contributed by atoms with Crippen LogP contribution in [0.2, 0.25) is 0 Å². The Balaban J connectivity index is 1.73. The molecule has 6 aromatic rings. The number of carbonyl (C=O) groups is 6. The SMILES string of the molecule is O=C(O)c1cc2c(s1)-c1sc(C(=O)O)cc1-c1cc(C(=O)O)sc1-c1sc(C(=O)O)cc1-c1cc(C(=O)O)sc1-c1sc(C(=O)O)cc1-2. The smallest absolute Gasteiger partial charge is 0.345 e. The summed E-state index contributed by atoms with van der Waals surface area (Å²) < 4.78 is 0. The predicted octanol–water partition coefficient (Wildman–Crippen LogP) is 8.56. The Kier molecular flexibility index (Phi) is 7.46. The van der Waals surface area contributed by atoms with Crippen LogP contribution in [0.15, 0.2) is 36.4 Å². The molecule has 0 saturated heterocycles. The summed E-state index contributed by atoms with van der Waals surface area (Å²) in [4.78, 5) is 74.4. The molecule has 1 aliphatic carbocycles. The average Bonchev–Trinajstić information content (AvgIpc) is 3.84. The number of hydrogen-bond acceptors (Lipinski definition) is 12. The van der Waals surface area contributed by atoms with Crippen molar-refractivity contribution in [1.29, 1.82) is 0 Å². The average molecular weight is 757 g/mol. The van der Waals surface area contributed by atoms with Gasteiger partial charge in [-0.2, -0.15) is 0 Å². The molecule has 0 bridgehead atoms. The van der Waals surface area contributed by atoms with E-state index < -0.39 is 35.8 Å². The fourth-order valence-electron chi connectivity index (χ4n) is 5.19. The summed E-state index contributed by atoms with van der Waals surface area (Å²) in [6.07, 6.45) is 0. The highest BCUT2D eigenvalue weighted by molar-refractivity contribution is 7.27. The lowest BCUT2D eigenvalue weighted by Crippen LogP contribution is -1.90.